The molecule has 156 valence electrons. The Morgan fingerprint density at radius 3 is 1.93 bits per heavy atom. The zero-order chi connectivity index (χ0) is 21.7. The van der Waals surface area contributed by atoms with Crippen molar-refractivity contribution in [1.82, 2.24) is 5.32 Å². The summed E-state index contributed by atoms with van der Waals surface area (Å²) in [6.45, 7) is 1.61. The van der Waals surface area contributed by atoms with Crippen molar-refractivity contribution in [2.45, 2.75) is 25.2 Å². The molecular formula is C23H20ClF3N2O. The van der Waals surface area contributed by atoms with E-state index in [1.165, 1.54) is 6.07 Å². The number of halogens is 4. The van der Waals surface area contributed by atoms with E-state index >= 15 is 0 Å². The van der Waals surface area contributed by atoms with Crippen molar-refractivity contribution >= 4 is 23.2 Å². The third-order valence-electron chi connectivity index (χ3n) is 4.62. The van der Waals surface area contributed by atoms with Gasteiger partial charge in [-0.15, -0.1) is 0 Å². The number of rotatable bonds is 6. The van der Waals surface area contributed by atoms with Crippen molar-refractivity contribution in [3.8, 4) is 0 Å². The molecule has 3 aromatic carbocycles. The number of hydrogen-bond donors (Lipinski definition) is 2. The average molecular weight is 433 g/mol. The molecule has 0 aliphatic heterocycles. The fourth-order valence-corrected chi connectivity index (χ4v) is 3.27. The van der Waals surface area contributed by atoms with Gasteiger partial charge in [0.1, 0.15) is 0 Å². The zero-order valence-corrected chi connectivity index (χ0v) is 16.8. The number of carbonyl (C=O) groups is 1. The second-order valence-corrected chi connectivity index (χ2v) is 7.26. The molecule has 1 amide bonds. The van der Waals surface area contributed by atoms with Gasteiger partial charge in [-0.3, -0.25) is 10.1 Å². The first-order valence-corrected chi connectivity index (χ1v) is 9.67. The van der Waals surface area contributed by atoms with Crippen molar-refractivity contribution in [3.05, 3.63) is 101 Å². The van der Waals surface area contributed by atoms with E-state index in [2.05, 4.69) is 10.6 Å². The molecule has 1 atom stereocenters. The minimum absolute atomic E-state index is 0.0558. The highest BCUT2D eigenvalue weighted by molar-refractivity contribution is 6.30. The summed E-state index contributed by atoms with van der Waals surface area (Å²) in [6, 6.07) is 21.2. The summed E-state index contributed by atoms with van der Waals surface area (Å²) in [5, 5.41) is 5.54. The summed E-state index contributed by atoms with van der Waals surface area (Å²) < 4.78 is 39.9. The van der Waals surface area contributed by atoms with Gasteiger partial charge in [0.2, 0.25) is 5.91 Å². The minimum Gasteiger partial charge on any atom is -0.324 e. The maximum Gasteiger partial charge on any atom is 0.418 e. The molecule has 0 bridgehead atoms. The molecule has 0 radical (unpaired) electrons. The smallest absolute Gasteiger partial charge is 0.324 e. The van der Waals surface area contributed by atoms with Crippen molar-refractivity contribution in [3.63, 3.8) is 0 Å². The molecule has 30 heavy (non-hydrogen) atoms. The molecule has 0 aliphatic carbocycles. The lowest BCUT2D eigenvalue weighted by Crippen LogP contribution is -2.40. The summed E-state index contributed by atoms with van der Waals surface area (Å²) in [7, 11) is 0. The molecule has 0 heterocycles. The summed E-state index contributed by atoms with van der Waals surface area (Å²) in [5.41, 5.74) is 0.552. The molecule has 3 aromatic rings. The van der Waals surface area contributed by atoms with Gasteiger partial charge < -0.3 is 5.32 Å². The largest absolute Gasteiger partial charge is 0.418 e. The number of alkyl halides is 3. The van der Waals surface area contributed by atoms with E-state index in [9.17, 15) is 18.0 Å². The van der Waals surface area contributed by atoms with E-state index in [0.717, 1.165) is 23.3 Å². The quantitative estimate of drug-likeness (QED) is 0.496. The maximum atomic E-state index is 13.3. The normalized spacial score (nSPS) is 12.6. The van der Waals surface area contributed by atoms with Gasteiger partial charge in [0.15, 0.2) is 0 Å². The monoisotopic (exact) mass is 432 g/mol. The Kier molecular flexibility index (Phi) is 6.80. The van der Waals surface area contributed by atoms with E-state index < -0.39 is 23.7 Å². The van der Waals surface area contributed by atoms with Crippen molar-refractivity contribution in [2.24, 2.45) is 0 Å². The van der Waals surface area contributed by atoms with Crippen LogP contribution in [0, 0.1) is 0 Å². The van der Waals surface area contributed by atoms with Gasteiger partial charge in [-0.1, -0.05) is 72.3 Å². The molecular weight excluding hydrogens is 413 g/mol. The van der Waals surface area contributed by atoms with Crippen LogP contribution in [-0.4, -0.2) is 11.9 Å². The fourth-order valence-electron chi connectivity index (χ4n) is 3.10. The van der Waals surface area contributed by atoms with Gasteiger partial charge in [-0.25, -0.2) is 0 Å². The van der Waals surface area contributed by atoms with E-state index in [1.54, 1.807) is 6.92 Å². The molecule has 7 heteroatoms. The van der Waals surface area contributed by atoms with E-state index in [1.807, 2.05) is 60.7 Å². The highest BCUT2D eigenvalue weighted by Gasteiger charge is 2.34. The van der Waals surface area contributed by atoms with Crippen LogP contribution in [0.2, 0.25) is 5.02 Å². The average Bonchev–Trinajstić information content (AvgIpc) is 2.73. The van der Waals surface area contributed by atoms with Gasteiger partial charge >= 0.3 is 6.18 Å². The van der Waals surface area contributed by atoms with Crippen LogP contribution in [0.1, 0.15) is 29.7 Å². The Morgan fingerprint density at radius 1 is 0.900 bits per heavy atom. The second kappa shape index (κ2) is 9.32. The number of anilines is 1. The minimum atomic E-state index is -4.64. The van der Waals surface area contributed by atoms with Crippen LogP contribution in [0.3, 0.4) is 0 Å². The highest BCUT2D eigenvalue weighted by Crippen LogP contribution is 2.36. The summed E-state index contributed by atoms with van der Waals surface area (Å²) in [6.07, 6.45) is -4.64. The maximum absolute atomic E-state index is 13.3. The van der Waals surface area contributed by atoms with Crippen LogP contribution in [0.25, 0.3) is 0 Å². The summed E-state index contributed by atoms with van der Waals surface area (Å²) in [4.78, 5) is 12.7. The Bertz CT molecular complexity index is 955. The lowest BCUT2D eigenvalue weighted by atomic mass is 9.98. The Hall–Kier alpha value is -2.83. The first-order chi connectivity index (χ1) is 14.3. The third-order valence-corrected chi connectivity index (χ3v) is 4.86. The first-order valence-electron chi connectivity index (χ1n) is 9.29. The SMILES string of the molecule is CC(NC(c1ccccc1)c1ccccc1)C(=O)Nc1ccc(Cl)cc1C(F)(F)F. The molecule has 0 aromatic heterocycles. The van der Waals surface area contributed by atoms with Gasteiger partial charge in [-0.2, -0.15) is 13.2 Å². The predicted molar refractivity (Wildman–Crippen MR) is 112 cm³/mol. The molecule has 0 saturated heterocycles. The molecule has 3 rings (SSSR count). The molecule has 1 unspecified atom stereocenters. The van der Waals surface area contributed by atoms with Crippen LogP contribution in [0.4, 0.5) is 18.9 Å². The Labute approximate surface area is 177 Å². The van der Waals surface area contributed by atoms with Crippen LogP contribution >= 0.6 is 11.6 Å². The molecule has 0 aliphatic rings. The van der Waals surface area contributed by atoms with E-state index in [-0.39, 0.29) is 16.8 Å². The van der Waals surface area contributed by atoms with Crippen molar-refractivity contribution in [2.75, 3.05) is 5.32 Å². The molecule has 3 nitrogen and oxygen atoms in total. The topological polar surface area (TPSA) is 41.1 Å². The summed E-state index contributed by atoms with van der Waals surface area (Å²) in [5.74, 6) is -0.584. The lowest BCUT2D eigenvalue weighted by Gasteiger charge is -2.24. The molecule has 2 N–H and O–H groups in total. The molecule has 0 spiro atoms. The third kappa shape index (κ3) is 5.40. The molecule has 0 fully saturated rings. The predicted octanol–water partition coefficient (Wildman–Crippen LogP) is 6.07. The van der Waals surface area contributed by atoms with Crippen LogP contribution < -0.4 is 10.6 Å². The zero-order valence-electron chi connectivity index (χ0n) is 16.1. The van der Waals surface area contributed by atoms with Gasteiger partial charge in [0.25, 0.3) is 0 Å². The Balaban J connectivity index is 1.82. The van der Waals surface area contributed by atoms with Crippen LogP contribution in [0.15, 0.2) is 78.9 Å². The number of amides is 1. The Morgan fingerprint density at radius 2 is 1.43 bits per heavy atom. The van der Waals surface area contributed by atoms with Crippen molar-refractivity contribution < 1.29 is 18.0 Å². The van der Waals surface area contributed by atoms with Crippen LogP contribution in [0.5, 0.6) is 0 Å². The van der Waals surface area contributed by atoms with Crippen LogP contribution in [-0.2, 0) is 11.0 Å². The standard InChI is InChI=1S/C23H20ClF3N2O/c1-15(22(30)29-20-13-12-18(24)14-19(20)23(25,26)27)28-21(16-8-4-2-5-9-16)17-10-6-3-7-11-17/h2-15,21,28H,1H3,(H,29,30). The van der Waals surface area contributed by atoms with Gasteiger partial charge in [-0.05, 0) is 36.2 Å². The van der Waals surface area contributed by atoms with Crippen molar-refractivity contribution in [1.29, 1.82) is 0 Å². The second-order valence-electron chi connectivity index (χ2n) is 6.82. The van der Waals surface area contributed by atoms with E-state index in [0.29, 0.717) is 0 Å². The molecule has 0 saturated carbocycles. The number of nitrogens with one attached hydrogen (secondary N) is 2. The van der Waals surface area contributed by atoms with Gasteiger partial charge in [0, 0.05) is 5.02 Å². The highest BCUT2D eigenvalue weighted by atomic mass is 35.5. The number of carbonyl (C=O) groups excluding carboxylic acids is 1. The summed E-state index contributed by atoms with van der Waals surface area (Å²) >= 11 is 5.70. The fraction of sp³-hybridized carbons (Fsp3) is 0.174. The number of hydrogen-bond acceptors (Lipinski definition) is 2. The number of benzene rings is 3. The van der Waals surface area contributed by atoms with E-state index in [4.69, 9.17) is 11.6 Å². The van der Waals surface area contributed by atoms with Gasteiger partial charge in [0.05, 0.1) is 23.3 Å². The lowest BCUT2D eigenvalue weighted by molar-refractivity contribution is -0.137. The first kappa shape index (κ1) is 21.9.